The lowest BCUT2D eigenvalue weighted by atomic mass is 10.2. The molecule has 3 aromatic rings. The van der Waals surface area contributed by atoms with Crippen molar-refractivity contribution in [3.8, 4) is 28.6 Å². The van der Waals surface area contributed by atoms with Crippen LogP contribution in [0.1, 0.15) is 5.89 Å². The van der Waals surface area contributed by atoms with Crippen molar-refractivity contribution in [2.45, 2.75) is 6.61 Å². The lowest BCUT2D eigenvalue weighted by Gasteiger charge is -2.09. The van der Waals surface area contributed by atoms with Crippen LogP contribution < -0.4 is 14.2 Å². The molecule has 3 rings (SSSR count). The van der Waals surface area contributed by atoms with Gasteiger partial charge in [-0.1, -0.05) is 17.3 Å². The summed E-state index contributed by atoms with van der Waals surface area (Å²) < 4.78 is 25.8. The maximum atomic E-state index is 11.8. The maximum absolute atomic E-state index is 11.8. The Morgan fingerprint density at radius 1 is 1.00 bits per heavy atom. The molecular formula is C19H18N2O6. The van der Waals surface area contributed by atoms with E-state index in [0.717, 1.165) is 11.3 Å². The van der Waals surface area contributed by atoms with E-state index in [1.807, 2.05) is 0 Å². The summed E-state index contributed by atoms with van der Waals surface area (Å²) in [4.78, 5) is 16.0. The summed E-state index contributed by atoms with van der Waals surface area (Å²) in [6.07, 6.45) is 0. The summed E-state index contributed by atoms with van der Waals surface area (Å²) in [5.74, 6) is 1.74. The van der Waals surface area contributed by atoms with Crippen LogP contribution in [-0.4, -0.2) is 36.9 Å². The van der Waals surface area contributed by atoms with Gasteiger partial charge in [0.25, 0.3) is 5.89 Å². The maximum Gasteiger partial charge on any atom is 0.344 e. The summed E-state index contributed by atoms with van der Waals surface area (Å²) >= 11 is 0. The Balaban J connectivity index is 1.51. The first kappa shape index (κ1) is 18.2. The average Bonchev–Trinajstić information content (AvgIpc) is 3.20. The number of ether oxygens (including phenoxy) is 4. The monoisotopic (exact) mass is 370 g/mol. The molecule has 0 atom stereocenters. The molecule has 0 fully saturated rings. The van der Waals surface area contributed by atoms with Crippen molar-refractivity contribution in [3.63, 3.8) is 0 Å². The normalized spacial score (nSPS) is 10.3. The van der Waals surface area contributed by atoms with E-state index in [1.54, 1.807) is 55.6 Å². The fraction of sp³-hybridized carbons (Fsp3) is 0.211. The van der Waals surface area contributed by atoms with Gasteiger partial charge < -0.3 is 23.5 Å². The van der Waals surface area contributed by atoms with Crippen molar-refractivity contribution in [2.24, 2.45) is 0 Å². The minimum absolute atomic E-state index is 0.142. The second-order valence-corrected chi connectivity index (χ2v) is 5.34. The van der Waals surface area contributed by atoms with Crippen molar-refractivity contribution in [1.82, 2.24) is 10.1 Å². The molecule has 0 aliphatic heterocycles. The quantitative estimate of drug-likeness (QED) is 0.559. The van der Waals surface area contributed by atoms with Crippen LogP contribution >= 0.6 is 0 Å². The van der Waals surface area contributed by atoms with Crippen LogP contribution in [0.25, 0.3) is 11.4 Å². The molecular weight excluding hydrogens is 352 g/mol. The molecule has 0 bridgehead atoms. The van der Waals surface area contributed by atoms with E-state index in [9.17, 15) is 4.79 Å². The van der Waals surface area contributed by atoms with Crippen LogP contribution in [0.15, 0.2) is 53.1 Å². The Labute approximate surface area is 155 Å². The van der Waals surface area contributed by atoms with Crippen LogP contribution in [0.3, 0.4) is 0 Å². The number of methoxy groups -OCH3 is 2. The number of aromatic nitrogens is 2. The molecule has 0 spiro atoms. The van der Waals surface area contributed by atoms with Gasteiger partial charge in [0.15, 0.2) is 24.7 Å². The van der Waals surface area contributed by atoms with Gasteiger partial charge >= 0.3 is 5.97 Å². The Bertz CT molecular complexity index is 891. The Hall–Kier alpha value is -3.55. The first-order valence-electron chi connectivity index (χ1n) is 8.08. The van der Waals surface area contributed by atoms with Gasteiger partial charge in [-0.2, -0.15) is 4.98 Å². The highest BCUT2D eigenvalue weighted by Gasteiger charge is 2.12. The van der Waals surface area contributed by atoms with E-state index in [1.165, 1.54) is 7.11 Å². The molecule has 8 nitrogen and oxygen atoms in total. The number of carbonyl (C=O) groups is 1. The molecule has 0 aliphatic rings. The number of para-hydroxylation sites is 2. The zero-order valence-electron chi connectivity index (χ0n) is 14.9. The largest absolute Gasteiger partial charge is 0.497 e. The number of hydrogen-bond acceptors (Lipinski definition) is 8. The highest BCUT2D eigenvalue weighted by atomic mass is 16.6. The predicted molar refractivity (Wildman–Crippen MR) is 94.6 cm³/mol. The molecule has 0 amide bonds. The highest BCUT2D eigenvalue weighted by molar-refractivity contribution is 5.71. The van der Waals surface area contributed by atoms with E-state index in [2.05, 4.69) is 10.1 Å². The van der Waals surface area contributed by atoms with Crippen LogP contribution in [0.4, 0.5) is 0 Å². The third kappa shape index (κ3) is 4.75. The highest BCUT2D eigenvalue weighted by Crippen LogP contribution is 2.25. The van der Waals surface area contributed by atoms with Crippen molar-refractivity contribution in [1.29, 1.82) is 0 Å². The van der Waals surface area contributed by atoms with E-state index in [-0.39, 0.29) is 19.1 Å². The molecule has 0 radical (unpaired) electrons. The van der Waals surface area contributed by atoms with Gasteiger partial charge in [0.05, 0.1) is 14.2 Å². The van der Waals surface area contributed by atoms with Gasteiger partial charge in [-0.3, -0.25) is 0 Å². The van der Waals surface area contributed by atoms with Crippen LogP contribution in [0.2, 0.25) is 0 Å². The zero-order chi connectivity index (χ0) is 19.1. The van der Waals surface area contributed by atoms with Gasteiger partial charge in [-0.05, 0) is 36.4 Å². The lowest BCUT2D eigenvalue weighted by Crippen LogP contribution is -2.15. The van der Waals surface area contributed by atoms with Crippen molar-refractivity contribution < 1.29 is 28.3 Å². The number of esters is 1. The third-order valence-corrected chi connectivity index (χ3v) is 3.59. The van der Waals surface area contributed by atoms with Crippen LogP contribution in [-0.2, 0) is 16.1 Å². The zero-order valence-corrected chi connectivity index (χ0v) is 14.9. The molecule has 0 unspecified atom stereocenters. The second-order valence-electron chi connectivity index (χ2n) is 5.34. The molecule has 1 aromatic heterocycles. The average molecular weight is 370 g/mol. The number of rotatable bonds is 8. The van der Waals surface area contributed by atoms with E-state index < -0.39 is 5.97 Å². The van der Waals surface area contributed by atoms with Gasteiger partial charge in [0, 0.05) is 5.56 Å². The summed E-state index contributed by atoms with van der Waals surface area (Å²) in [5, 5.41) is 3.87. The van der Waals surface area contributed by atoms with E-state index in [0.29, 0.717) is 17.3 Å². The van der Waals surface area contributed by atoms with Crippen molar-refractivity contribution in [2.75, 3.05) is 20.8 Å². The minimum atomic E-state index is -0.565. The fourth-order valence-corrected chi connectivity index (χ4v) is 2.23. The molecule has 0 saturated heterocycles. The number of carbonyl (C=O) groups excluding carboxylic acids is 1. The Morgan fingerprint density at radius 3 is 2.44 bits per heavy atom. The topological polar surface area (TPSA) is 92.9 Å². The summed E-state index contributed by atoms with van der Waals surface area (Å²) in [5.41, 5.74) is 0.761. The number of benzene rings is 2. The molecule has 0 N–H and O–H groups in total. The molecule has 2 aromatic carbocycles. The van der Waals surface area contributed by atoms with Gasteiger partial charge in [-0.25, -0.2) is 4.79 Å². The fourth-order valence-electron chi connectivity index (χ4n) is 2.23. The molecule has 140 valence electrons. The van der Waals surface area contributed by atoms with Gasteiger partial charge in [-0.15, -0.1) is 0 Å². The first-order valence-corrected chi connectivity index (χ1v) is 8.08. The second kappa shape index (κ2) is 8.70. The minimum Gasteiger partial charge on any atom is -0.497 e. The standard InChI is InChI=1S/C19H18N2O6/c1-23-14-9-7-13(8-10-14)19-20-17(27-21-19)11-26-18(22)12-25-16-6-4-3-5-15(16)24-2/h3-10H,11-12H2,1-2H3. The van der Waals surface area contributed by atoms with Gasteiger partial charge in [0.1, 0.15) is 5.75 Å². The predicted octanol–water partition coefficient (Wildman–Crippen LogP) is 2.88. The summed E-state index contributed by atoms with van der Waals surface area (Å²) in [7, 11) is 3.11. The first-order chi connectivity index (χ1) is 13.2. The van der Waals surface area contributed by atoms with Crippen molar-refractivity contribution >= 4 is 5.97 Å². The summed E-state index contributed by atoms with van der Waals surface area (Å²) in [6, 6.07) is 14.2. The van der Waals surface area contributed by atoms with E-state index >= 15 is 0 Å². The van der Waals surface area contributed by atoms with Crippen LogP contribution in [0, 0.1) is 0 Å². The van der Waals surface area contributed by atoms with Gasteiger partial charge in [0.2, 0.25) is 5.82 Å². The Kier molecular flexibility index (Phi) is 5.88. The lowest BCUT2D eigenvalue weighted by molar-refractivity contribution is -0.148. The third-order valence-electron chi connectivity index (χ3n) is 3.59. The van der Waals surface area contributed by atoms with Crippen molar-refractivity contribution in [3.05, 3.63) is 54.4 Å². The number of hydrogen-bond donors (Lipinski definition) is 0. The number of nitrogens with zero attached hydrogens (tertiary/aromatic N) is 2. The molecule has 1 heterocycles. The SMILES string of the molecule is COc1ccc(-c2noc(COC(=O)COc3ccccc3OC)n2)cc1. The molecule has 8 heteroatoms. The van der Waals surface area contributed by atoms with E-state index in [4.69, 9.17) is 23.5 Å². The Morgan fingerprint density at radius 2 is 1.74 bits per heavy atom. The molecule has 0 aliphatic carbocycles. The smallest absolute Gasteiger partial charge is 0.344 e. The summed E-state index contributed by atoms with van der Waals surface area (Å²) in [6.45, 7) is -0.406. The molecule has 27 heavy (non-hydrogen) atoms. The molecule has 0 saturated carbocycles. The van der Waals surface area contributed by atoms with Crippen LogP contribution in [0.5, 0.6) is 17.2 Å².